The van der Waals surface area contributed by atoms with Gasteiger partial charge in [-0.25, -0.2) is 0 Å². The van der Waals surface area contributed by atoms with Gasteiger partial charge < -0.3 is 19.6 Å². The Kier molecular flexibility index (Phi) is 5.84. The van der Waals surface area contributed by atoms with Crippen molar-refractivity contribution in [3.05, 3.63) is 54.0 Å². The summed E-state index contributed by atoms with van der Waals surface area (Å²) in [5, 5.41) is 0. The van der Waals surface area contributed by atoms with Gasteiger partial charge in [0.1, 0.15) is 30.0 Å². The van der Waals surface area contributed by atoms with E-state index >= 15 is 0 Å². The lowest BCUT2D eigenvalue weighted by molar-refractivity contribution is 0.00402. The maximum atomic E-state index is 6.13. The highest BCUT2D eigenvalue weighted by Gasteiger charge is 2.22. The summed E-state index contributed by atoms with van der Waals surface area (Å²) >= 11 is 0. The molecule has 2 N–H and O–H groups in total. The van der Waals surface area contributed by atoms with Gasteiger partial charge in [0, 0.05) is 6.04 Å². The van der Waals surface area contributed by atoms with Crippen LogP contribution in [0.2, 0.25) is 0 Å². The summed E-state index contributed by atoms with van der Waals surface area (Å²) in [6.07, 6.45) is 0.590. The van der Waals surface area contributed by atoms with Gasteiger partial charge in [0.05, 0.1) is 6.61 Å². The maximum absolute atomic E-state index is 6.13. The molecule has 1 heterocycles. The Balaban J connectivity index is 1.85. The Hall–Kier alpha value is -1.78. The second kappa shape index (κ2) is 7.86. The van der Waals surface area contributed by atoms with E-state index in [1.54, 1.807) is 0 Å². The van der Waals surface area contributed by atoms with Crippen LogP contribution in [0.3, 0.4) is 0 Å². The second-order valence-corrected chi connectivity index (χ2v) is 4.97. The number of hydrogen-bond donors (Lipinski definition) is 1. The monoisotopic (exact) mass is 289 g/mol. The highest BCUT2D eigenvalue weighted by atomic mass is 16.5. The van der Waals surface area contributed by atoms with Gasteiger partial charge in [-0.15, -0.1) is 0 Å². The van der Waals surface area contributed by atoms with Gasteiger partial charge in [-0.3, -0.25) is 0 Å². The fourth-order valence-corrected chi connectivity index (χ4v) is 2.09. The first-order valence-corrected chi connectivity index (χ1v) is 7.32. The zero-order chi connectivity index (χ0) is 15.1. The lowest BCUT2D eigenvalue weighted by Crippen LogP contribution is -2.30. The highest BCUT2D eigenvalue weighted by molar-refractivity contribution is 5.20. The van der Waals surface area contributed by atoms with E-state index in [1.165, 1.54) is 0 Å². The summed E-state index contributed by atoms with van der Waals surface area (Å²) in [6.45, 7) is 4.90. The molecule has 0 saturated heterocycles. The number of furan rings is 1. The van der Waals surface area contributed by atoms with Crippen molar-refractivity contribution in [2.24, 2.45) is 5.73 Å². The molecule has 0 fully saturated rings. The van der Waals surface area contributed by atoms with E-state index in [1.807, 2.05) is 56.3 Å². The predicted octanol–water partition coefficient (Wildman–Crippen LogP) is 3.46. The van der Waals surface area contributed by atoms with Gasteiger partial charge in [-0.1, -0.05) is 25.1 Å². The van der Waals surface area contributed by atoms with Gasteiger partial charge in [0.15, 0.2) is 0 Å². The van der Waals surface area contributed by atoms with Crippen LogP contribution in [-0.4, -0.2) is 19.3 Å². The molecule has 1 aromatic heterocycles. The molecule has 0 spiro atoms. The van der Waals surface area contributed by atoms with E-state index in [9.17, 15) is 0 Å². The SMILES string of the molecule is CCC(N)C(OCCOc1ccccc1)c1ccc(C)o1. The molecule has 0 aliphatic rings. The summed E-state index contributed by atoms with van der Waals surface area (Å²) < 4.78 is 17.1. The summed E-state index contributed by atoms with van der Waals surface area (Å²) in [4.78, 5) is 0. The molecule has 2 unspecified atom stereocenters. The average Bonchev–Trinajstić information content (AvgIpc) is 2.94. The number of nitrogens with two attached hydrogens (primary N) is 1. The van der Waals surface area contributed by atoms with Gasteiger partial charge in [0.25, 0.3) is 0 Å². The van der Waals surface area contributed by atoms with E-state index in [-0.39, 0.29) is 12.1 Å². The average molecular weight is 289 g/mol. The molecule has 4 nitrogen and oxygen atoms in total. The molecule has 0 aliphatic heterocycles. The fraction of sp³-hybridized carbons (Fsp3) is 0.412. The van der Waals surface area contributed by atoms with Crippen molar-refractivity contribution in [2.75, 3.05) is 13.2 Å². The Morgan fingerprint density at radius 1 is 1.10 bits per heavy atom. The van der Waals surface area contributed by atoms with Crippen molar-refractivity contribution in [1.82, 2.24) is 0 Å². The first-order valence-electron chi connectivity index (χ1n) is 7.32. The first-order chi connectivity index (χ1) is 10.2. The zero-order valence-corrected chi connectivity index (χ0v) is 12.6. The fourth-order valence-electron chi connectivity index (χ4n) is 2.09. The summed E-state index contributed by atoms with van der Waals surface area (Å²) in [5.41, 5.74) is 6.13. The van der Waals surface area contributed by atoms with Crippen LogP contribution in [0.5, 0.6) is 5.75 Å². The Bertz CT molecular complexity index is 524. The van der Waals surface area contributed by atoms with Gasteiger partial charge in [-0.05, 0) is 37.6 Å². The maximum Gasteiger partial charge on any atom is 0.134 e. The number of benzene rings is 1. The van der Waals surface area contributed by atoms with Crippen molar-refractivity contribution in [3.8, 4) is 5.75 Å². The van der Waals surface area contributed by atoms with Crippen molar-refractivity contribution in [2.45, 2.75) is 32.4 Å². The number of aryl methyl sites for hydroxylation is 1. The van der Waals surface area contributed by atoms with E-state index in [4.69, 9.17) is 19.6 Å². The molecule has 2 aromatic rings. The first kappa shape index (κ1) is 15.6. The molecule has 21 heavy (non-hydrogen) atoms. The van der Waals surface area contributed by atoms with Crippen LogP contribution in [0.25, 0.3) is 0 Å². The number of ether oxygens (including phenoxy) is 2. The topological polar surface area (TPSA) is 57.6 Å². The third-order valence-corrected chi connectivity index (χ3v) is 3.29. The van der Waals surface area contributed by atoms with E-state index in [0.717, 1.165) is 23.7 Å². The molecular formula is C17H23NO3. The van der Waals surface area contributed by atoms with Crippen LogP contribution >= 0.6 is 0 Å². The molecule has 0 saturated carbocycles. The Morgan fingerprint density at radius 2 is 1.86 bits per heavy atom. The van der Waals surface area contributed by atoms with Gasteiger partial charge in [0.2, 0.25) is 0 Å². The van der Waals surface area contributed by atoms with Gasteiger partial charge >= 0.3 is 0 Å². The summed E-state index contributed by atoms with van der Waals surface area (Å²) in [5.74, 6) is 2.48. The van der Waals surface area contributed by atoms with E-state index in [2.05, 4.69) is 0 Å². The molecule has 2 atom stereocenters. The molecule has 0 bridgehead atoms. The minimum Gasteiger partial charge on any atom is -0.491 e. The summed E-state index contributed by atoms with van der Waals surface area (Å²) in [7, 11) is 0. The molecule has 0 radical (unpaired) electrons. The van der Waals surface area contributed by atoms with Crippen LogP contribution in [-0.2, 0) is 4.74 Å². The van der Waals surface area contributed by atoms with Crippen molar-refractivity contribution >= 4 is 0 Å². The molecular weight excluding hydrogens is 266 g/mol. The van der Waals surface area contributed by atoms with Crippen LogP contribution in [0.1, 0.15) is 31.0 Å². The predicted molar refractivity (Wildman–Crippen MR) is 82.3 cm³/mol. The third kappa shape index (κ3) is 4.62. The highest BCUT2D eigenvalue weighted by Crippen LogP contribution is 2.24. The van der Waals surface area contributed by atoms with Crippen LogP contribution < -0.4 is 10.5 Å². The molecule has 1 aromatic carbocycles. The molecule has 0 amide bonds. The Morgan fingerprint density at radius 3 is 2.48 bits per heavy atom. The minimum absolute atomic E-state index is 0.0905. The smallest absolute Gasteiger partial charge is 0.134 e. The number of hydrogen-bond acceptors (Lipinski definition) is 4. The quantitative estimate of drug-likeness (QED) is 0.756. The van der Waals surface area contributed by atoms with Crippen molar-refractivity contribution in [1.29, 1.82) is 0 Å². The minimum atomic E-state index is -0.233. The van der Waals surface area contributed by atoms with E-state index < -0.39 is 0 Å². The summed E-state index contributed by atoms with van der Waals surface area (Å²) in [6, 6.07) is 13.4. The lowest BCUT2D eigenvalue weighted by atomic mass is 10.1. The second-order valence-electron chi connectivity index (χ2n) is 4.97. The normalized spacial score (nSPS) is 13.9. The standard InChI is InChI=1S/C17H23NO3/c1-3-15(18)17(16-10-9-13(2)21-16)20-12-11-19-14-7-5-4-6-8-14/h4-10,15,17H,3,11-12,18H2,1-2H3. The molecule has 0 aliphatic carbocycles. The zero-order valence-electron chi connectivity index (χ0n) is 12.6. The molecule has 114 valence electrons. The van der Waals surface area contributed by atoms with E-state index in [0.29, 0.717) is 13.2 Å². The molecule has 2 rings (SSSR count). The van der Waals surface area contributed by atoms with Crippen LogP contribution in [0, 0.1) is 6.92 Å². The molecule has 4 heteroatoms. The largest absolute Gasteiger partial charge is 0.491 e. The lowest BCUT2D eigenvalue weighted by Gasteiger charge is -2.21. The van der Waals surface area contributed by atoms with Crippen molar-refractivity contribution < 1.29 is 13.9 Å². The van der Waals surface area contributed by atoms with Crippen LogP contribution in [0.15, 0.2) is 46.9 Å². The van der Waals surface area contributed by atoms with Crippen molar-refractivity contribution in [3.63, 3.8) is 0 Å². The number of rotatable bonds is 8. The number of para-hydroxylation sites is 1. The van der Waals surface area contributed by atoms with Crippen LogP contribution in [0.4, 0.5) is 0 Å². The third-order valence-electron chi connectivity index (χ3n) is 3.29. The Labute approximate surface area is 125 Å². The van der Waals surface area contributed by atoms with Gasteiger partial charge in [-0.2, -0.15) is 0 Å².